The van der Waals surface area contributed by atoms with Crippen LogP contribution in [0.1, 0.15) is 18.4 Å². The normalized spacial score (nSPS) is 20.2. The van der Waals surface area contributed by atoms with E-state index in [1.54, 1.807) is 0 Å². The number of hydrogen-bond donors (Lipinski definition) is 0. The zero-order chi connectivity index (χ0) is 19.5. The number of nitrogens with zero attached hydrogens (tertiary/aromatic N) is 5. The second kappa shape index (κ2) is 8.33. The maximum atomic E-state index is 5.51. The lowest BCUT2D eigenvalue weighted by Crippen LogP contribution is -2.39. The molecule has 0 unspecified atom stereocenters. The fourth-order valence-corrected chi connectivity index (χ4v) is 4.47. The van der Waals surface area contributed by atoms with Gasteiger partial charge >= 0.3 is 0 Å². The lowest BCUT2D eigenvalue weighted by Gasteiger charge is -2.35. The number of hydrogen-bond acceptors (Lipinski definition) is 6. The molecular weight excluding hydrogens is 362 g/mol. The van der Waals surface area contributed by atoms with Gasteiger partial charge in [0.15, 0.2) is 0 Å². The van der Waals surface area contributed by atoms with Crippen molar-refractivity contribution in [3.05, 3.63) is 54.4 Å². The Morgan fingerprint density at radius 2 is 1.83 bits per heavy atom. The van der Waals surface area contributed by atoms with E-state index in [1.807, 2.05) is 12.4 Å². The molecule has 150 valence electrons. The summed E-state index contributed by atoms with van der Waals surface area (Å²) in [4.78, 5) is 18.9. The highest BCUT2D eigenvalue weighted by Gasteiger charge is 2.25. The molecule has 0 aliphatic carbocycles. The van der Waals surface area contributed by atoms with Gasteiger partial charge in [-0.3, -0.25) is 4.98 Å². The van der Waals surface area contributed by atoms with Gasteiger partial charge in [-0.25, -0.2) is 4.98 Å². The van der Waals surface area contributed by atoms with Gasteiger partial charge in [-0.15, -0.1) is 0 Å². The SMILES string of the molecule is c1ccc(C[C@@H]2CCCN(c3nc(N4CCOCC4)nc4cnccc34)C2)cc1. The Balaban J connectivity index is 1.44. The topological polar surface area (TPSA) is 54.4 Å². The van der Waals surface area contributed by atoms with Gasteiger partial charge in [0.2, 0.25) is 5.95 Å². The molecule has 2 fully saturated rings. The Kier molecular flexibility index (Phi) is 5.26. The molecule has 5 rings (SSSR count). The third kappa shape index (κ3) is 4.03. The summed E-state index contributed by atoms with van der Waals surface area (Å²) in [7, 11) is 0. The molecule has 29 heavy (non-hydrogen) atoms. The van der Waals surface area contributed by atoms with Crippen LogP contribution in [-0.4, -0.2) is 54.3 Å². The van der Waals surface area contributed by atoms with Gasteiger partial charge in [0, 0.05) is 37.8 Å². The number of morpholine rings is 1. The van der Waals surface area contributed by atoms with Crippen LogP contribution < -0.4 is 9.80 Å². The van der Waals surface area contributed by atoms with Gasteiger partial charge in [0.1, 0.15) is 5.82 Å². The molecule has 0 radical (unpaired) electrons. The summed E-state index contributed by atoms with van der Waals surface area (Å²) in [6.07, 6.45) is 7.29. The summed E-state index contributed by atoms with van der Waals surface area (Å²) in [5.74, 6) is 2.50. The van der Waals surface area contributed by atoms with E-state index in [1.165, 1.54) is 18.4 Å². The first kappa shape index (κ1) is 18.3. The summed E-state index contributed by atoms with van der Waals surface area (Å²) in [5.41, 5.74) is 2.34. The molecular formula is C23H27N5O. The molecule has 0 saturated carbocycles. The number of benzene rings is 1. The van der Waals surface area contributed by atoms with Crippen LogP contribution in [0, 0.1) is 5.92 Å². The third-order valence-electron chi connectivity index (χ3n) is 5.95. The summed E-state index contributed by atoms with van der Waals surface area (Å²) < 4.78 is 5.51. The first-order valence-electron chi connectivity index (χ1n) is 10.6. The molecule has 2 aliphatic heterocycles. The fraction of sp³-hybridized carbons (Fsp3) is 0.435. The number of pyridine rings is 1. The molecule has 4 heterocycles. The molecule has 3 aromatic rings. The predicted octanol–water partition coefficient (Wildman–Crippen LogP) is 3.32. The fourth-order valence-electron chi connectivity index (χ4n) is 4.47. The Hall–Kier alpha value is -2.73. The van der Waals surface area contributed by atoms with E-state index < -0.39 is 0 Å². The first-order valence-corrected chi connectivity index (χ1v) is 10.6. The van der Waals surface area contributed by atoms with Crippen LogP contribution in [0.25, 0.3) is 10.9 Å². The van der Waals surface area contributed by atoms with Crippen LogP contribution in [0.5, 0.6) is 0 Å². The molecule has 2 aliphatic rings. The summed E-state index contributed by atoms with van der Waals surface area (Å²) >= 11 is 0. The molecule has 0 spiro atoms. The molecule has 2 saturated heterocycles. The monoisotopic (exact) mass is 389 g/mol. The number of aromatic nitrogens is 3. The van der Waals surface area contributed by atoms with E-state index in [9.17, 15) is 0 Å². The minimum atomic E-state index is 0.643. The Bertz CT molecular complexity index is 958. The lowest BCUT2D eigenvalue weighted by molar-refractivity contribution is 0.122. The molecule has 0 bridgehead atoms. The average Bonchev–Trinajstić information content (AvgIpc) is 2.80. The molecule has 6 nitrogen and oxygen atoms in total. The van der Waals surface area contributed by atoms with Crippen molar-refractivity contribution in [1.82, 2.24) is 15.0 Å². The largest absolute Gasteiger partial charge is 0.378 e. The predicted molar refractivity (Wildman–Crippen MR) is 115 cm³/mol. The van der Waals surface area contributed by atoms with E-state index in [2.05, 4.69) is 51.2 Å². The Morgan fingerprint density at radius 1 is 0.966 bits per heavy atom. The van der Waals surface area contributed by atoms with Gasteiger partial charge in [-0.1, -0.05) is 30.3 Å². The second-order valence-corrected chi connectivity index (χ2v) is 7.98. The van der Waals surface area contributed by atoms with E-state index in [4.69, 9.17) is 14.7 Å². The van der Waals surface area contributed by atoms with E-state index in [0.717, 1.165) is 68.5 Å². The minimum Gasteiger partial charge on any atom is -0.378 e. The highest BCUT2D eigenvalue weighted by atomic mass is 16.5. The van der Waals surface area contributed by atoms with Crippen LogP contribution in [-0.2, 0) is 11.2 Å². The Morgan fingerprint density at radius 3 is 2.69 bits per heavy atom. The molecule has 0 N–H and O–H groups in total. The zero-order valence-corrected chi connectivity index (χ0v) is 16.7. The molecule has 6 heteroatoms. The number of anilines is 2. The van der Waals surface area contributed by atoms with Gasteiger partial charge in [-0.05, 0) is 36.8 Å². The highest BCUT2D eigenvalue weighted by Crippen LogP contribution is 2.30. The Labute approximate surface area is 171 Å². The van der Waals surface area contributed by atoms with Gasteiger partial charge in [-0.2, -0.15) is 4.98 Å². The quantitative estimate of drug-likeness (QED) is 0.682. The van der Waals surface area contributed by atoms with Gasteiger partial charge < -0.3 is 14.5 Å². The van der Waals surface area contributed by atoms with Crippen molar-refractivity contribution in [2.45, 2.75) is 19.3 Å². The van der Waals surface area contributed by atoms with Crippen molar-refractivity contribution in [2.24, 2.45) is 5.92 Å². The van der Waals surface area contributed by atoms with Crippen LogP contribution in [0.2, 0.25) is 0 Å². The number of piperidine rings is 1. The van der Waals surface area contributed by atoms with E-state index in [-0.39, 0.29) is 0 Å². The van der Waals surface area contributed by atoms with Crippen molar-refractivity contribution in [3.8, 4) is 0 Å². The maximum absolute atomic E-state index is 5.51. The molecule has 2 aromatic heterocycles. The second-order valence-electron chi connectivity index (χ2n) is 7.98. The van der Waals surface area contributed by atoms with Gasteiger partial charge in [0.05, 0.1) is 24.9 Å². The van der Waals surface area contributed by atoms with Crippen molar-refractivity contribution in [2.75, 3.05) is 49.2 Å². The number of ether oxygens (including phenoxy) is 1. The van der Waals surface area contributed by atoms with Crippen LogP contribution in [0.4, 0.5) is 11.8 Å². The van der Waals surface area contributed by atoms with Gasteiger partial charge in [0.25, 0.3) is 0 Å². The van der Waals surface area contributed by atoms with Crippen molar-refractivity contribution < 1.29 is 4.74 Å². The standard InChI is InChI=1S/C23H27N5O/c1-2-5-18(6-3-1)15-19-7-4-10-28(17-19)22-20-8-9-24-16-21(20)25-23(26-22)27-11-13-29-14-12-27/h1-3,5-6,8-9,16,19H,4,7,10-15,17H2/t19-/m0/s1. The zero-order valence-electron chi connectivity index (χ0n) is 16.7. The number of fused-ring (bicyclic) bond motifs is 1. The van der Waals surface area contributed by atoms with E-state index >= 15 is 0 Å². The van der Waals surface area contributed by atoms with E-state index in [0.29, 0.717) is 5.92 Å². The van der Waals surface area contributed by atoms with Crippen molar-refractivity contribution >= 4 is 22.7 Å². The van der Waals surface area contributed by atoms with Crippen LogP contribution >= 0.6 is 0 Å². The maximum Gasteiger partial charge on any atom is 0.228 e. The van der Waals surface area contributed by atoms with Crippen molar-refractivity contribution in [1.29, 1.82) is 0 Å². The molecule has 1 aromatic carbocycles. The van der Waals surface area contributed by atoms with Crippen LogP contribution in [0.3, 0.4) is 0 Å². The highest BCUT2D eigenvalue weighted by molar-refractivity contribution is 5.90. The third-order valence-corrected chi connectivity index (χ3v) is 5.95. The van der Waals surface area contributed by atoms with Crippen LogP contribution in [0.15, 0.2) is 48.8 Å². The molecule has 1 atom stereocenters. The van der Waals surface area contributed by atoms with Crippen molar-refractivity contribution in [3.63, 3.8) is 0 Å². The smallest absolute Gasteiger partial charge is 0.228 e. The first-order chi connectivity index (χ1) is 14.4. The summed E-state index contributed by atoms with van der Waals surface area (Å²) in [5, 5.41) is 1.09. The summed E-state index contributed by atoms with van der Waals surface area (Å²) in [6.45, 7) is 5.21. The lowest BCUT2D eigenvalue weighted by atomic mass is 9.91. The molecule has 0 amide bonds. The minimum absolute atomic E-state index is 0.643. The number of rotatable bonds is 4. The average molecular weight is 390 g/mol. The summed E-state index contributed by atoms with van der Waals surface area (Å²) in [6, 6.07) is 12.9.